The highest BCUT2D eigenvalue weighted by atomic mass is 35.5. The number of carbonyl (C=O) groups is 2. The SMILES string of the molecule is O=C1NCCN1C(=O)c1cc2ccccc2c(Cl)n1. The van der Waals surface area contributed by atoms with Gasteiger partial charge in [-0.15, -0.1) is 0 Å². The lowest BCUT2D eigenvalue weighted by Gasteiger charge is -2.12. The molecule has 0 unspecified atom stereocenters. The number of rotatable bonds is 1. The molecule has 1 fully saturated rings. The van der Waals surface area contributed by atoms with Gasteiger partial charge in [0.05, 0.1) is 0 Å². The maximum absolute atomic E-state index is 12.2. The standard InChI is InChI=1S/C13H10ClN3O2/c14-11-9-4-2-1-3-8(9)7-10(16-11)12(18)17-6-5-15-13(17)19/h1-4,7H,5-6H2,(H,15,19). The Morgan fingerprint density at radius 2 is 2.16 bits per heavy atom. The first-order valence-electron chi connectivity index (χ1n) is 5.82. The maximum Gasteiger partial charge on any atom is 0.324 e. The summed E-state index contributed by atoms with van der Waals surface area (Å²) < 4.78 is 0. The third-order valence-corrected chi connectivity index (χ3v) is 3.30. The Labute approximate surface area is 114 Å². The smallest absolute Gasteiger partial charge is 0.324 e. The van der Waals surface area contributed by atoms with E-state index in [0.29, 0.717) is 13.1 Å². The summed E-state index contributed by atoms with van der Waals surface area (Å²) in [7, 11) is 0. The fraction of sp³-hybridized carbons (Fsp3) is 0.154. The van der Waals surface area contributed by atoms with Gasteiger partial charge in [-0.3, -0.25) is 9.69 Å². The molecule has 0 saturated carbocycles. The predicted molar refractivity (Wildman–Crippen MR) is 71.2 cm³/mol. The van der Waals surface area contributed by atoms with E-state index in [9.17, 15) is 9.59 Å². The van der Waals surface area contributed by atoms with Crippen molar-refractivity contribution in [1.82, 2.24) is 15.2 Å². The van der Waals surface area contributed by atoms with Gasteiger partial charge in [0.15, 0.2) is 0 Å². The van der Waals surface area contributed by atoms with Crippen LogP contribution in [0, 0.1) is 0 Å². The van der Waals surface area contributed by atoms with Crippen molar-refractivity contribution in [3.8, 4) is 0 Å². The number of carbonyl (C=O) groups excluding carboxylic acids is 2. The van der Waals surface area contributed by atoms with Gasteiger partial charge in [-0.25, -0.2) is 9.78 Å². The van der Waals surface area contributed by atoms with Crippen molar-refractivity contribution in [3.63, 3.8) is 0 Å². The lowest BCUT2D eigenvalue weighted by molar-refractivity contribution is 0.0824. The zero-order valence-corrected chi connectivity index (χ0v) is 10.6. The van der Waals surface area contributed by atoms with Crippen LogP contribution in [0.2, 0.25) is 5.15 Å². The van der Waals surface area contributed by atoms with Crippen LogP contribution in [0.1, 0.15) is 10.5 Å². The third-order valence-electron chi connectivity index (χ3n) is 3.01. The van der Waals surface area contributed by atoms with Gasteiger partial charge >= 0.3 is 6.03 Å². The van der Waals surface area contributed by atoms with Crippen LogP contribution in [-0.2, 0) is 0 Å². The summed E-state index contributed by atoms with van der Waals surface area (Å²) in [6.45, 7) is 0.815. The fourth-order valence-electron chi connectivity index (χ4n) is 2.07. The number of pyridine rings is 1. The Bertz CT molecular complexity index is 687. The normalized spacial score (nSPS) is 14.8. The van der Waals surface area contributed by atoms with Crippen LogP contribution in [0.3, 0.4) is 0 Å². The number of amides is 3. The molecule has 1 saturated heterocycles. The van der Waals surface area contributed by atoms with E-state index in [4.69, 9.17) is 11.6 Å². The molecule has 1 N–H and O–H groups in total. The fourth-order valence-corrected chi connectivity index (χ4v) is 2.33. The van der Waals surface area contributed by atoms with Crippen LogP contribution >= 0.6 is 11.6 Å². The van der Waals surface area contributed by atoms with Gasteiger partial charge in [-0.1, -0.05) is 35.9 Å². The van der Waals surface area contributed by atoms with Gasteiger partial charge in [0, 0.05) is 18.5 Å². The van der Waals surface area contributed by atoms with E-state index in [1.54, 1.807) is 6.07 Å². The number of urea groups is 1. The van der Waals surface area contributed by atoms with E-state index in [1.807, 2.05) is 24.3 Å². The number of nitrogens with one attached hydrogen (secondary N) is 1. The van der Waals surface area contributed by atoms with Crippen LogP contribution in [0.5, 0.6) is 0 Å². The van der Waals surface area contributed by atoms with Gasteiger partial charge < -0.3 is 5.32 Å². The minimum Gasteiger partial charge on any atom is -0.336 e. The Hall–Kier alpha value is -2.14. The number of hydrogen-bond donors (Lipinski definition) is 1. The Morgan fingerprint density at radius 3 is 2.89 bits per heavy atom. The molecule has 2 aromatic rings. The second-order valence-electron chi connectivity index (χ2n) is 4.21. The molecule has 3 amide bonds. The molecule has 0 spiro atoms. The molecule has 3 rings (SSSR count). The van der Waals surface area contributed by atoms with Gasteiger partial charge in [-0.2, -0.15) is 0 Å². The largest absolute Gasteiger partial charge is 0.336 e. The molecule has 1 aromatic heterocycles. The van der Waals surface area contributed by atoms with E-state index >= 15 is 0 Å². The summed E-state index contributed by atoms with van der Waals surface area (Å²) in [6, 6.07) is 8.65. The first-order chi connectivity index (χ1) is 9.16. The van der Waals surface area contributed by atoms with Gasteiger partial charge in [0.2, 0.25) is 0 Å². The zero-order chi connectivity index (χ0) is 13.4. The minimum atomic E-state index is -0.428. The summed E-state index contributed by atoms with van der Waals surface area (Å²) >= 11 is 6.07. The van der Waals surface area contributed by atoms with E-state index in [-0.39, 0.29) is 10.8 Å². The molecule has 6 heteroatoms. The first kappa shape index (κ1) is 11.9. The second-order valence-corrected chi connectivity index (χ2v) is 4.57. The minimum absolute atomic E-state index is 0.181. The van der Waals surface area contributed by atoms with Crippen molar-refractivity contribution in [2.24, 2.45) is 0 Å². The highest BCUT2D eigenvalue weighted by molar-refractivity contribution is 6.34. The summed E-state index contributed by atoms with van der Waals surface area (Å²) in [5.41, 5.74) is 0.181. The lowest BCUT2D eigenvalue weighted by atomic mass is 10.1. The Kier molecular flexibility index (Phi) is 2.83. The summed E-state index contributed by atoms with van der Waals surface area (Å²) in [5.74, 6) is -0.428. The van der Waals surface area contributed by atoms with Gasteiger partial charge in [0.1, 0.15) is 10.8 Å². The average molecular weight is 276 g/mol. The molecule has 0 radical (unpaired) electrons. The first-order valence-corrected chi connectivity index (χ1v) is 6.19. The number of fused-ring (bicyclic) bond motifs is 1. The summed E-state index contributed by atoms with van der Waals surface area (Å²) in [4.78, 5) is 28.9. The zero-order valence-electron chi connectivity index (χ0n) is 9.89. The van der Waals surface area contributed by atoms with Crippen molar-refractivity contribution in [1.29, 1.82) is 0 Å². The van der Waals surface area contributed by atoms with Crippen molar-refractivity contribution in [3.05, 3.63) is 41.2 Å². The molecule has 2 heterocycles. The predicted octanol–water partition coefficient (Wildman–Crippen LogP) is 2.05. The molecular formula is C13H10ClN3O2. The summed E-state index contributed by atoms with van der Waals surface area (Å²) in [6.07, 6.45) is 0. The van der Waals surface area contributed by atoms with Crippen LogP contribution in [0.15, 0.2) is 30.3 Å². The monoisotopic (exact) mass is 275 g/mol. The van der Waals surface area contributed by atoms with Crippen LogP contribution in [0.25, 0.3) is 10.8 Å². The topological polar surface area (TPSA) is 62.3 Å². The van der Waals surface area contributed by atoms with Crippen molar-refractivity contribution in [2.75, 3.05) is 13.1 Å². The number of halogens is 1. The van der Waals surface area contributed by atoms with Crippen LogP contribution < -0.4 is 5.32 Å². The van der Waals surface area contributed by atoms with Gasteiger partial charge in [-0.05, 0) is 11.5 Å². The highest BCUT2D eigenvalue weighted by Gasteiger charge is 2.28. The van der Waals surface area contributed by atoms with E-state index < -0.39 is 11.9 Å². The number of benzene rings is 1. The molecule has 1 aliphatic rings. The molecular weight excluding hydrogens is 266 g/mol. The molecule has 0 aliphatic carbocycles. The number of imide groups is 1. The van der Waals surface area contributed by atoms with E-state index in [1.165, 1.54) is 0 Å². The Morgan fingerprint density at radius 1 is 1.37 bits per heavy atom. The second kappa shape index (κ2) is 4.51. The third kappa shape index (κ3) is 2.02. The number of nitrogens with zero attached hydrogens (tertiary/aromatic N) is 2. The van der Waals surface area contributed by atoms with Crippen LogP contribution in [-0.4, -0.2) is 34.9 Å². The van der Waals surface area contributed by atoms with E-state index in [0.717, 1.165) is 15.7 Å². The molecule has 0 bridgehead atoms. The summed E-state index contributed by atoms with van der Waals surface area (Å²) in [5, 5.41) is 4.45. The van der Waals surface area contributed by atoms with Crippen molar-refractivity contribution in [2.45, 2.75) is 0 Å². The number of aromatic nitrogens is 1. The molecule has 1 aromatic carbocycles. The molecule has 0 atom stereocenters. The van der Waals surface area contributed by atoms with Crippen molar-refractivity contribution >= 4 is 34.3 Å². The quantitative estimate of drug-likeness (QED) is 0.810. The molecule has 96 valence electrons. The van der Waals surface area contributed by atoms with E-state index in [2.05, 4.69) is 10.3 Å². The molecule has 5 nitrogen and oxygen atoms in total. The van der Waals surface area contributed by atoms with Gasteiger partial charge in [0.25, 0.3) is 5.91 Å². The Balaban J connectivity index is 2.05. The van der Waals surface area contributed by atoms with Crippen LogP contribution in [0.4, 0.5) is 4.79 Å². The maximum atomic E-state index is 12.2. The lowest BCUT2D eigenvalue weighted by Crippen LogP contribution is -2.34. The van der Waals surface area contributed by atoms with Crippen molar-refractivity contribution < 1.29 is 9.59 Å². The number of hydrogen-bond acceptors (Lipinski definition) is 3. The average Bonchev–Trinajstić information content (AvgIpc) is 2.84. The molecule has 19 heavy (non-hydrogen) atoms. The highest BCUT2D eigenvalue weighted by Crippen LogP contribution is 2.23. The molecule has 1 aliphatic heterocycles.